The number of rotatable bonds is 3. The van der Waals surface area contributed by atoms with Gasteiger partial charge in [0.05, 0.1) is 10.7 Å². The number of likely N-dealkylation sites (tertiary alicyclic amines) is 1. The Morgan fingerprint density at radius 3 is 2.41 bits per heavy atom. The number of benzene rings is 1. The Balaban J connectivity index is 1.61. The van der Waals surface area contributed by atoms with E-state index in [1.54, 1.807) is 16.0 Å². The van der Waals surface area contributed by atoms with E-state index in [-0.39, 0.29) is 11.3 Å². The van der Waals surface area contributed by atoms with Crippen molar-refractivity contribution < 1.29 is 4.79 Å². The summed E-state index contributed by atoms with van der Waals surface area (Å²) in [4.78, 5) is 19.6. The van der Waals surface area contributed by atoms with E-state index in [1.807, 2.05) is 31.0 Å². The average molecular weight is 381 g/mol. The highest BCUT2D eigenvalue weighted by Crippen LogP contribution is 2.42. The minimum absolute atomic E-state index is 0.0230. The van der Waals surface area contributed by atoms with E-state index in [9.17, 15) is 4.79 Å². The van der Waals surface area contributed by atoms with Gasteiger partial charge in [-0.05, 0) is 38.3 Å². The fraction of sp³-hybridized carbons (Fsp3) is 0.381. The molecule has 1 aliphatic heterocycles. The Morgan fingerprint density at radius 1 is 1.15 bits per heavy atom. The molecule has 4 rings (SSSR count). The number of hydrogen-bond acceptors (Lipinski definition) is 4. The first-order valence-electron chi connectivity index (χ1n) is 9.28. The lowest BCUT2D eigenvalue weighted by Gasteiger charge is -2.41. The second-order valence-corrected chi connectivity index (χ2v) is 8.35. The zero-order valence-corrected chi connectivity index (χ0v) is 16.8. The molecule has 0 saturated carbocycles. The van der Waals surface area contributed by atoms with E-state index < -0.39 is 0 Å². The smallest absolute Gasteiger partial charge is 0.274 e. The van der Waals surface area contributed by atoms with Gasteiger partial charge in [0, 0.05) is 36.6 Å². The van der Waals surface area contributed by atoms with Crippen LogP contribution in [0.1, 0.15) is 45.3 Å². The molecule has 0 unspecified atom stereocenters. The van der Waals surface area contributed by atoms with Crippen molar-refractivity contribution in [1.29, 1.82) is 0 Å². The number of carbonyl (C=O) groups is 1. The Hall–Kier alpha value is -2.47. The van der Waals surface area contributed by atoms with Gasteiger partial charge in [-0.3, -0.25) is 9.48 Å². The van der Waals surface area contributed by atoms with Crippen LogP contribution in [-0.4, -0.2) is 38.7 Å². The SMILES string of the molecule is Cc1nc(C2(c3ccccc3)CCN(C(=O)c3cc(C)n(C)n3)CC2)cs1. The van der Waals surface area contributed by atoms with Gasteiger partial charge in [0.25, 0.3) is 5.91 Å². The van der Waals surface area contributed by atoms with Crippen LogP contribution < -0.4 is 0 Å². The van der Waals surface area contributed by atoms with E-state index >= 15 is 0 Å². The standard InChI is InChI=1S/C21H24N4OS/c1-15-13-18(23-24(15)3)20(26)25-11-9-21(10-12-25,17-7-5-4-6-8-17)19-14-27-16(2)22-19/h4-8,13-14H,9-12H2,1-3H3. The fourth-order valence-corrected chi connectivity index (χ4v) is 4.66. The predicted molar refractivity (Wildman–Crippen MR) is 107 cm³/mol. The summed E-state index contributed by atoms with van der Waals surface area (Å²) in [6.07, 6.45) is 1.75. The topological polar surface area (TPSA) is 51.0 Å². The van der Waals surface area contributed by atoms with Gasteiger partial charge in [-0.25, -0.2) is 4.98 Å². The van der Waals surface area contributed by atoms with Crippen molar-refractivity contribution >= 4 is 17.2 Å². The van der Waals surface area contributed by atoms with Crippen LogP contribution in [0.15, 0.2) is 41.8 Å². The number of carbonyl (C=O) groups excluding carboxylic acids is 1. The van der Waals surface area contributed by atoms with Crippen LogP contribution in [0.25, 0.3) is 0 Å². The molecule has 1 aromatic carbocycles. The summed E-state index contributed by atoms with van der Waals surface area (Å²) in [6, 6.07) is 12.5. The van der Waals surface area contributed by atoms with Gasteiger partial charge in [-0.15, -0.1) is 11.3 Å². The van der Waals surface area contributed by atoms with Gasteiger partial charge in [0.15, 0.2) is 5.69 Å². The quantitative estimate of drug-likeness (QED) is 0.696. The Morgan fingerprint density at radius 2 is 1.85 bits per heavy atom. The average Bonchev–Trinajstić information content (AvgIpc) is 3.28. The van der Waals surface area contributed by atoms with Crippen LogP contribution in [0.2, 0.25) is 0 Å². The van der Waals surface area contributed by atoms with Crippen LogP contribution in [0.4, 0.5) is 0 Å². The molecule has 27 heavy (non-hydrogen) atoms. The van der Waals surface area contributed by atoms with Gasteiger partial charge in [0.2, 0.25) is 0 Å². The molecule has 1 aliphatic rings. The third kappa shape index (κ3) is 3.18. The monoisotopic (exact) mass is 380 g/mol. The molecule has 0 N–H and O–H groups in total. The van der Waals surface area contributed by atoms with Crippen molar-refractivity contribution in [1.82, 2.24) is 19.7 Å². The minimum Gasteiger partial charge on any atom is -0.337 e. The molecule has 0 atom stereocenters. The summed E-state index contributed by atoms with van der Waals surface area (Å²) >= 11 is 1.70. The van der Waals surface area contributed by atoms with Gasteiger partial charge in [0.1, 0.15) is 0 Å². The normalized spacial score (nSPS) is 16.5. The van der Waals surface area contributed by atoms with Crippen LogP contribution in [0.5, 0.6) is 0 Å². The maximum Gasteiger partial charge on any atom is 0.274 e. The lowest BCUT2D eigenvalue weighted by molar-refractivity contribution is 0.0677. The first-order chi connectivity index (χ1) is 13.0. The molecule has 0 radical (unpaired) electrons. The Bertz CT molecular complexity index is 932. The van der Waals surface area contributed by atoms with E-state index in [2.05, 4.69) is 41.7 Å². The largest absolute Gasteiger partial charge is 0.337 e. The molecule has 6 heteroatoms. The number of thiazole rings is 1. The van der Waals surface area contributed by atoms with Gasteiger partial charge < -0.3 is 4.90 Å². The zero-order valence-electron chi connectivity index (χ0n) is 16.0. The molecule has 5 nitrogen and oxygen atoms in total. The van der Waals surface area contributed by atoms with E-state index in [1.165, 1.54) is 5.56 Å². The molecular formula is C21H24N4OS. The molecular weight excluding hydrogens is 356 g/mol. The maximum atomic E-state index is 12.9. The molecule has 1 saturated heterocycles. The molecule has 0 spiro atoms. The van der Waals surface area contributed by atoms with Crippen molar-refractivity contribution in [2.24, 2.45) is 7.05 Å². The number of amides is 1. The number of aromatic nitrogens is 3. The zero-order chi connectivity index (χ0) is 19.0. The number of nitrogens with zero attached hydrogens (tertiary/aromatic N) is 4. The molecule has 3 heterocycles. The predicted octanol–water partition coefficient (Wildman–Crippen LogP) is 3.72. The molecule has 2 aromatic heterocycles. The van der Waals surface area contributed by atoms with E-state index in [0.717, 1.165) is 29.2 Å². The summed E-state index contributed by atoms with van der Waals surface area (Å²) in [7, 11) is 1.87. The lowest BCUT2D eigenvalue weighted by atomic mass is 9.70. The highest BCUT2D eigenvalue weighted by atomic mass is 32.1. The summed E-state index contributed by atoms with van der Waals surface area (Å²) in [5.74, 6) is 0.0230. The van der Waals surface area contributed by atoms with Crippen LogP contribution in [0, 0.1) is 13.8 Å². The van der Waals surface area contributed by atoms with Crippen molar-refractivity contribution in [3.63, 3.8) is 0 Å². The first kappa shape index (κ1) is 17.9. The Kier molecular flexibility index (Phi) is 4.60. The highest BCUT2D eigenvalue weighted by Gasteiger charge is 2.41. The second kappa shape index (κ2) is 6.93. The van der Waals surface area contributed by atoms with Crippen LogP contribution >= 0.6 is 11.3 Å². The number of aryl methyl sites for hydroxylation is 3. The first-order valence-corrected chi connectivity index (χ1v) is 10.2. The Labute approximate surface area is 163 Å². The molecule has 1 fully saturated rings. The maximum absolute atomic E-state index is 12.9. The summed E-state index contributed by atoms with van der Waals surface area (Å²) < 4.78 is 1.75. The van der Waals surface area contributed by atoms with Crippen molar-refractivity contribution in [3.05, 3.63) is 69.4 Å². The fourth-order valence-electron chi connectivity index (χ4n) is 3.95. The second-order valence-electron chi connectivity index (χ2n) is 7.29. The summed E-state index contributed by atoms with van der Waals surface area (Å²) in [6.45, 7) is 5.43. The minimum atomic E-state index is -0.122. The third-order valence-electron chi connectivity index (χ3n) is 5.67. The van der Waals surface area contributed by atoms with Gasteiger partial charge in [-0.1, -0.05) is 30.3 Å². The number of piperidine rings is 1. The molecule has 1 amide bonds. The summed E-state index contributed by atoms with van der Waals surface area (Å²) in [5.41, 5.74) is 3.83. The van der Waals surface area contributed by atoms with Crippen molar-refractivity contribution in [3.8, 4) is 0 Å². The number of hydrogen-bond donors (Lipinski definition) is 0. The van der Waals surface area contributed by atoms with Crippen LogP contribution in [-0.2, 0) is 12.5 Å². The highest BCUT2D eigenvalue weighted by molar-refractivity contribution is 7.09. The molecule has 3 aromatic rings. The molecule has 0 aliphatic carbocycles. The molecule has 140 valence electrons. The summed E-state index contributed by atoms with van der Waals surface area (Å²) in [5, 5.41) is 7.62. The molecule has 0 bridgehead atoms. The van der Waals surface area contributed by atoms with Crippen molar-refractivity contribution in [2.45, 2.75) is 32.1 Å². The van der Waals surface area contributed by atoms with Gasteiger partial charge >= 0.3 is 0 Å². The van der Waals surface area contributed by atoms with E-state index in [4.69, 9.17) is 4.98 Å². The van der Waals surface area contributed by atoms with Crippen LogP contribution in [0.3, 0.4) is 0 Å². The lowest BCUT2D eigenvalue weighted by Crippen LogP contribution is -2.46. The van der Waals surface area contributed by atoms with E-state index in [0.29, 0.717) is 18.8 Å². The third-order valence-corrected chi connectivity index (χ3v) is 6.45. The van der Waals surface area contributed by atoms with Gasteiger partial charge in [-0.2, -0.15) is 5.10 Å². The van der Waals surface area contributed by atoms with Crippen molar-refractivity contribution in [2.75, 3.05) is 13.1 Å².